The molecule has 13 heavy (non-hydrogen) atoms. The lowest BCUT2D eigenvalue weighted by atomic mass is 9.95. The molecule has 0 saturated heterocycles. The lowest BCUT2D eigenvalue weighted by Gasteiger charge is -2.21. The molecule has 72 valence electrons. The van der Waals surface area contributed by atoms with Crippen LogP contribution in [0.5, 0.6) is 0 Å². The molecular formula is C10H13BrO2. The molecule has 0 aliphatic heterocycles. The third-order valence-electron chi connectivity index (χ3n) is 2.62. The Hall–Kier alpha value is -0.280. The Kier molecular flexibility index (Phi) is 2.24. The van der Waals surface area contributed by atoms with Crippen molar-refractivity contribution in [1.29, 1.82) is 0 Å². The van der Waals surface area contributed by atoms with E-state index >= 15 is 0 Å². The van der Waals surface area contributed by atoms with E-state index in [1.165, 1.54) is 0 Å². The Morgan fingerprint density at radius 3 is 2.77 bits per heavy atom. The molecule has 1 unspecified atom stereocenters. The normalized spacial score (nSPS) is 21.5. The maximum Gasteiger partial charge on any atom is 0.169 e. The second kappa shape index (κ2) is 3.14. The summed E-state index contributed by atoms with van der Waals surface area (Å²) in [6.07, 6.45) is 2.91. The summed E-state index contributed by atoms with van der Waals surface area (Å²) < 4.78 is 6.08. The molecule has 2 nitrogen and oxygen atoms in total. The topological polar surface area (TPSA) is 33.4 Å². The van der Waals surface area contributed by atoms with Gasteiger partial charge in [-0.1, -0.05) is 0 Å². The van der Waals surface area contributed by atoms with Gasteiger partial charge >= 0.3 is 0 Å². The first-order valence-electron chi connectivity index (χ1n) is 4.54. The predicted molar refractivity (Wildman–Crippen MR) is 53.5 cm³/mol. The van der Waals surface area contributed by atoms with Gasteiger partial charge in [-0.05, 0) is 53.7 Å². The van der Waals surface area contributed by atoms with Crippen molar-refractivity contribution in [2.45, 2.75) is 31.8 Å². The van der Waals surface area contributed by atoms with Crippen LogP contribution in [0.1, 0.15) is 25.5 Å². The third-order valence-corrected chi connectivity index (χ3v) is 3.04. The molecule has 1 aliphatic carbocycles. The van der Waals surface area contributed by atoms with Crippen molar-refractivity contribution in [3.63, 3.8) is 0 Å². The van der Waals surface area contributed by atoms with Crippen molar-refractivity contribution in [2.75, 3.05) is 0 Å². The molecule has 0 bridgehead atoms. The Labute approximate surface area is 86.1 Å². The molecule has 1 fully saturated rings. The van der Waals surface area contributed by atoms with Crippen LogP contribution in [-0.2, 0) is 6.42 Å². The standard InChI is InChI=1S/C10H13BrO2/c1-10(12,7-2-3-7)6-8-4-5-9(11)13-8/h4-5,7,12H,2-3,6H2,1H3. The molecule has 2 rings (SSSR count). The molecule has 3 heteroatoms. The van der Waals surface area contributed by atoms with E-state index in [1.807, 2.05) is 19.1 Å². The minimum absolute atomic E-state index is 0.469. The third kappa shape index (κ3) is 2.15. The number of rotatable bonds is 3. The highest BCUT2D eigenvalue weighted by Gasteiger charge is 2.40. The summed E-state index contributed by atoms with van der Waals surface area (Å²) in [6, 6.07) is 3.76. The predicted octanol–water partition coefficient (Wildman–Crippen LogP) is 2.75. The summed E-state index contributed by atoms with van der Waals surface area (Å²) in [7, 11) is 0. The minimum atomic E-state index is -0.586. The van der Waals surface area contributed by atoms with Crippen molar-refractivity contribution >= 4 is 15.9 Å². The summed E-state index contributed by atoms with van der Waals surface area (Å²) in [4.78, 5) is 0. The zero-order chi connectivity index (χ0) is 9.47. The van der Waals surface area contributed by atoms with Gasteiger partial charge in [0.15, 0.2) is 4.67 Å². The molecule has 0 amide bonds. The van der Waals surface area contributed by atoms with Gasteiger partial charge in [0.2, 0.25) is 0 Å². The highest BCUT2D eigenvalue weighted by molar-refractivity contribution is 9.10. The maximum atomic E-state index is 10.0. The minimum Gasteiger partial charge on any atom is -0.454 e. The molecule has 1 aliphatic rings. The van der Waals surface area contributed by atoms with Gasteiger partial charge in [-0.3, -0.25) is 0 Å². The molecule has 1 N–H and O–H groups in total. The van der Waals surface area contributed by atoms with Crippen LogP contribution in [0.15, 0.2) is 21.2 Å². The monoisotopic (exact) mass is 244 g/mol. The highest BCUT2D eigenvalue weighted by Crippen LogP contribution is 2.41. The van der Waals surface area contributed by atoms with Crippen LogP contribution in [0.3, 0.4) is 0 Å². The quantitative estimate of drug-likeness (QED) is 0.888. The van der Waals surface area contributed by atoms with Gasteiger partial charge in [-0.25, -0.2) is 0 Å². The largest absolute Gasteiger partial charge is 0.454 e. The number of halogens is 1. The van der Waals surface area contributed by atoms with Gasteiger partial charge in [-0.2, -0.15) is 0 Å². The fourth-order valence-corrected chi connectivity index (χ4v) is 1.99. The van der Waals surface area contributed by atoms with Crippen LogP contribution >= 0.6 is 15.9 Å². The molecule has 1 aromatic rings. The number of aliphatic hydroxyl groups is 1. The van der Waals surface area contributed by atoms with E-state index in [9.17, 15) is 5.11 Å². The molecule has 0 aromatic carbocycles. The van der Waals surface area contributed by atoms with E-state index in [0.29, 0.717) is 12.3 Å². The maximum absolute atomic E-state index is 10.0. The zero-order valence-corrected chi connectivity index (χ0v) is 9.17. The Bertz CT molecular complexity index is 300. The lowest BCUT2D eigenvalue weighted by Crippen LogP contribution is -2.29. The highest BCUT2D eigenvalue weighted by atomic mass is 79.9. The average Bonchev–Trinajstić information content (AvgIpc) is 2.78. The van der Waals surface area contributed by atoms with Gasteiger partial charge in [0, 0.05) is 6.42 Å². The fourth-order valence-electron chi connectivity index (χ4n) is 1.65. The molecule has 1 atom stereocenters. The van der Waals surface area contributed by atoms with Crippen LogP contribution in [-0.4, -0.2) is 10.7 Å². The van der Waals surface area contributed by atoms with Crippen LogP contribution < -0.4 is 0 Å². The molecule has 1 heterocycles. The average molecular weight is 245 g/mol. The summed E-state index contributed by atoms with van der Waals surface area (Å²) in [5.41, 5.74) is -0.586. The first-order valence-corrected chi connectivity index (χ1v) is 5.34. The van der Waals surface area contributed by atoms with E-state index in [0.717, 1.165) is 23.3 Å². The Morgan fingerprint density at radius 1 is 1.62 bits per heavy atom. The lowest BCUT2D eigenvalue weighted by molar-refractivity contribution is 0.0321. The second-order valence-corrected chi connectivity index (χ2v) is 4.80. The molecule has 0 spiro atoms. The van der Waals surface area contributed by atoms with E-state index in [4.69, 9.17) is 4.42 Å². The molecule has 0 radical (unpaired) electrons. The Morgan fingerprint density at radius 2 is 2.31 bits per heavy atom. The van der Waals surface area contributed by atoms with Gasteiger partial charge in [0.05, 0.1) is 5.60 Å². The van der Waals surface area contributed by atoms with Crippen molar-refractivity contribution < 1.29 is 9.52 Å². The molecule has 1 aromatic heterocycles. The summed E-state index contributed by atoms with van der Waals surface area (Å²) in [6.45, 7) is 1.89. The van der Waals surface area contributed by atoms with Crippen LogP contribution in [0.2, 0.25) is 0 Å². The van der Waals surface area contributed by atoms with Gasteiger partial charge in [0.25, 0.3) is 0 Å². The first kappa shape index (κ1) is 9.28. The van der Waals surface area contributed by atoms with Gasteiger partial charge in [-0.15, -0.1) is 0 Å². The van der Waals surface area contributed by atoms with Crippen molar-refractivity contribution in [1.82, 2.24) is 0 Å². The molecular weight excluding hydrogens is 232 g/mol. The van der Waals surface area contributed by atoms with Gasteiger partial charge < -0.3 is 9.52 Å². The second-order valence-electron chi connectivity index (χ2n) is 4.01. The number of furan rings is 1. The van der Waals surface area contributed by atoms with E-state index in [1.54, 1.807) is 0 Å². The van der Waals surface area contributed by atoms with Crippen LogP contribution in [0.4, 0.5) is 0 Å². The van der Waals surface area contributed by atoms with Gasteiger partial charge in [0.1, 0.15) is 5.76 Å². The van der Waals surface area contributed by atoms with Crippen LogP contribution in [0.25, 0.3) is 0 Å². The zero-order valence-electron chi connectivity index (χ0n) is 7.59. The molecule has 1 saturated carbocycles. The Balaban J connectivity index is 2.04. The van der Waals surface area contributed by atoms with E-state index in [-0.39, 0.29) is 0 Å². The SMILES string of the molecule is CC(O)(Cc1ccc(Br)o1)C1CC1. The van der Waals surface area contributed by atoms with Crippen molar-refractivity contribution in [3.05, 3.63) is 22.6 Å². The number of hydrogen-bond acceptors (Lipinski definition) is 2. The number of hydrogen-bond donors (Lipinski definition) is 1. The summed E-state index contributed by atoms with van der Waals surface area (Å²) in [5.74, 6) is 1.32. The van der Waals surface area contributed by atoms with Crippen molar-refractivity contribution in [2.24, 2.45) is 5.92 Å². The summed E-state index contributed by atoms with van der Waals surface area (Å²) >= 11 is 3.24. The van der Waals surface area contributed by atoms with Crippen molar-refractivity contribution in [3.8, 4) is 0 Å². The summed E-state index contributed by atoms with van der Waals surface area (Å²) in [5, 5.41) is 10.0. The van der Waals surface area contributed by atoms with E-state index < -0.39 is 5.60 Å². The fraction of sp³-hybridized carbons (Fsp3) is 0.600. The van der Waals surface area contributed by atoms with E-state index in [2.05, 4.69) is 15.9 Å². The van der Waals surface area contributed by atoms with Crippen LogP contribution in [0, 0.1) is 5.92 Å². The smallest absolute Gasteiger partial charge is 0.169 e. The first-order chi connectivity index (χ1) is 6.08.